The van der Waals surface area contributed by atoms with Crippen molar-refractivity contribution >= 4 is 11.9 Å². The van der Waals surface area contributed by atoms with E-state index in [0.29, 0.717) is 0 Å². The van der Waals surface area contributed by atoms with Crippen molar-refractivity contribution in [3.8, 4) is 0 Å². The maximum Gasteiger partial charge on any atom is 0.344 e. The summed E-state index contributed by atoms with van der Waals surface area (Å²) in [6.45, 7) is -0.477. The quantitative estimate of drug-likeness (QED) is 0.723. The van der Waals surface area contributed by atoms with E-state index in [2.05, 4.69) is 4.74 Å². The molecule has 0 radical (unpaired) electrons. The van der Waals surface area contributed by atoms with Crippen molar-refractivity contribution in [2.45, 2.75) is 6.61 Å². The third-order valence-electron chi connectivity index (χ3n) is 1.76. The molecule has 0 saturated heterocycles. The molecule has 0 atom stereocenters. The molecule has 0 spiro atoms. The summed E-state index contributed by atoms with van der Waals surface area (Å²) < 4.78 is 9.37. The Hall–Kier alpha value is -1.88. The predicted octanol–water partition coefficient (Wildman–Crippen LogP) is 0.232. The lowest BCUT2D eigenvalue weighted by Crippen LogP contribution is -2.21. The minimum absolute atomic E-state index is 0.167. The van der Waals surface area contributed by atoms with Crippen LogP contribution in [0.3, 0.4) is 0 Å². The molecule has 0 heterocycles. The maximum absolute atomic E-state index is 11.1. The van der Waals surface area contributed by atoms with Crippen LogP contribution in [0, 0.1) is 0 Å². The second kappa shape index (κ2) is 6.58. The number of nitrogens with two attached hydrogens (primary N) is 1. The molecule has 16 heavy (non-hydrogen) atoms. The van der Waals surface area contributed by atoms with Gasteiger partial charge in [-0.05, 0) is 5.56 Å². The number of hydrogen-bond acceptors (Lipinski definition) is 5. The van der Waals surface area contributed by atoms with Gasteiger partial charge in [0.25, 0.3) is 0 Å². The van der Waals surface area contributed by atoms with E-state index in [-0.39, 0.29) is 13.2 Å². The van der Waals surface area contributed by atoms with Crippen molar-refractivity contribution in [1.29, 1.82) is 0 Å². The van der Waals surface area contributed by atoms with Crippen molar-refractivity contribution in [1.82, 2.24) is 0 Å². The first-order valence-corrected chi connectivity index (χ1v) is 4.77. The summed E-state index contributed by atoms with van der Waals surface area (Å²) in [5.41, 5.74) is 5.87. The highest BCUT2D eigenvalue weighted by molar-refractivity contribution is 5.77. The van der Waals surface area contributed by atoms with Crippen molar-refractivity contribution in [2.24, 2.45) is 5.73 Å². The molecule has 0 aliphatic rings. The fourth-order valence-corrected chi connectivity index (χ4v) is 0.978. The lowest BCUT2D eigenvalue weighted by molar-refractivity contribution is -0.158. The van der Waals surface area contributed by atoms with Crippen LogP contribution in [-0.4, -0.2) is 25.1 Å². The van der Waals surface area contributed by atoms with E-state index in [0.717, 1.165) is 5.56 Å². The van der Waals surface area contributed by atoms with Crippen LogP contribution >= 0.6 is 0 Å². The van der Waals surface area contributed by atoms with Gasteiger partial charge < -0.3 is 15.2 Å². The largest absolute Gasteiger partial charge is 0.458 e. The normalized spacial score (nSPS) is 9.56. The van der Waals surface area contributed by atoms with E-state index in [9.17, 15) is 9.59 Å². The van der Waals surface area contributed by atoms with Gasteiger partial charge in [-0.25, -0.2) is 4.79 Å². The van der Waals surface area contributed by atoms with E-state index in [1.807, 2.05) is 30.3 Å². The predicted molar refractivity (Wildman–Crippen MR) is 56.3 cm³/mol. The Morgan fingerprint density at radius 2 is 1.75 bits per heavy atom. The Morgan fingerprint density at radius 1 is 1.06 bits per heavy atom. The molecule has 0 fully saturated rings. The van der Waals surface area contributed by atoms with Gasteiger partial charge in [0.15, 0.2) is 6.61 Å². The molecular formula is C11H13NO4. The number of benzene rings is 1. The van der Waals surface area contributed by atoms with Gasteiger partial charge >= 0.3 is 11.9 Å². The summed E-state index contributed by atoms with van der Waals surface area (Å²) in [7, 11) is 0. The summed E-state index contributed by atoms with van der Waals surface area (Å²) in [4.78, 5) is 21.7. The van der Waals surface area contributed by atoms with Crippen LogP contribution in [-0.2, 0) is 25.7 Å². The molecule has 86 valence electrons. The fraction of sp³-hybridized carbons (Fsp3) is 0.273. The Morgan fingerprint density at radius 3 is 2.38 bits per heavy atom. The highest BCUT2D eigenvalue weighted by Gasteiger charge is 2.06. The van der Waals surface area contributed by atoms with E-state index < -0.39 is 18.5 Å². The minimum atomic E-state index is -0.628. The highest BCUT2D eigenvalue weighted by atomic mass is 16.6. The van der Waals surface area contributed by atoms with Crippen LogP contribution in [0.2, 0.25) is 0 Å². The molecule has 0 aromatic heterocycles. The zero-order valence-electron chi connectivity index (χ0n) is 8.72. The van der Waals surface area contributed by atoms with Crippen molar-refractivity contribution in [3.63, 3.8) is 0 Å². The van der Waals surface area contributed by atoms with E-state index in [4.69, 9.17) is 10.5 Å². The fourth-order valence-electron chi connectivity index (χ4n) is 0.978. The molecule has 0 aliphatic carbocycles. The molecule has 1 aromatic carbocycles. The Bertz CT molecular complexity index is 350. The van der Waals surface area contributed by atoms with Crippen molar-refractivity contribution in [3.05, 3.63) is 35.9 Å². The second-order valence-corrected chi connectivity index (χ2v) is 3.01. The van der Waals surface area contributed by atoms with Crippen molar-refractivity contribution in [2.75, 3.05) is 13.2 Å². The summed E-state index contributed by atoms with van der Waals surface area (Å²) in [6.07, 6.45) is 0. The standard InChI is InChI=1S/C11H13NO4/c12-6-10(13)16-8-11(14)15-7-9-4-2-1-3-5-9/h1-5H,6-8,12H2. The highest BCUT2D eigenvalue weighted by Crippen LogP contribution is 2.00. The Labute approximate surface area is 93.1 Å². The third-order valence-corrected chi connectivity index (χ3v) is 1.76. The van der Waals surface area contributed by atoms with E-state index >= 15 is 0 Å². The molecule has 1 rings (SSSR count). The lowest BCUT2D eigenvalue weighted by atomic mass is 10.2. The molecule has 0 aliphatic heterocycles. The van der Waals surface area contributed by atoms with Gasteiger partial charge in [-0.2, -0.15) is 0 Å². The molecule has 0 unspecified atom stereocenters. The van der Waals surface area contributed by atoms with Crippen LogP contribution in [0.1, 0.15) is 5.56 Å². The summed E-state index contributed by atoms with van der Waals surface area (Å²) in [5, 5.41) is 0. The SMILES string of the molecule is NCC(=O)OCC(=O)OCc1ccccc1. The van der Waals surface area contributed by atoms with Crippen molar-refractivity contribution < 1.29 is 19.1 Å². The smallest absolute Gasteiger partial charge is 0.344 e. The van der Waals surface area contributed by atoms with Crippen LogP contribution in [0.5, 0.6) is 0 Å². The second-order valence-electron chi connectivity index (χ2n) is 3.01. The molecule has 2 N–H and O–H groups in total. The van der Waals surface area contributed by atoms with E-state index in [1.165, 1.54) is 0 Å². The average Bonchev–Trinajstić information content (AvgIpc) is 2.34. The Kier molecular flexibility index (Phi) is 5.01. The zero-order chi connectivity index (χ0) is 11.8. The topological polar surface area (TPSA) is 78.6 Å². The van der Waals surface area contributed by atoms with Gasteiger partial charge in [-0.1, -0.05) is 30.3 Å². The number of esters is 2. The molecular weight excluding hydrogens is 210 g/mol. The minimum Gasteiger partial charge on any atom is -0.458 e. The molecule has 1 aromatic rings. The Balaban J connectivity index is 2.23. The lowest BCUT2D eigenvalue weighted by Gasteiger charge is -2.05. The summed E-state index contributed by atoms with van der Waals surface area (Å²) in [5.74, 6) is -1.22. The van der Waals surface area contributed by atoms with Gasteiger partial charge in [0.2, 0.25) is 0 Å². The summed E-state index contributed by atoms with van der Waals surface area (Å²) >= 11 is 0. The van der Waals surface area contributed by atoms with E-state index in [1.54, 1.807) is 0 Å². The maximum atomic E-state index is 11.1. The molecule has 0 bridgehead atoms. The number of carbonyl (C=O) groups is 2. The molecule has 0 amide bonds. The van der Waals surface area contributed by atoms with Crippen LogP contribution < -0.4 is 5.73 Å². The van der Waals surface area contributed by atoms with Crippen LogP contribution in [0.4, 0.5) is 0 Å². The monoisotopic (exact) mass is 223 g/mol. The van der Waals surface area contributed by atoms with Crippen LogP contribution in [0.15, 0.2) is 30.3 Å². The van der Waals surface area contributed by atoms with Gasteiger partial charge in [0.1, 0.15) is 6.61 Å². The first-order chi connectivity index (χ1) is 7.72. The van der Waals surface area contributed by atoms with Gasteiger partial charge in [0.05, 0.1) is 6.54 Å². The summed E-state index contributed by atoms with van der Waals surface area (Å²) in [6, 6.07) is 9.22. The molecule has 0 saturated carbocycles. The van der Waals surface area contributed by atoms with Gasteiger partial charge in [-0.15, -0.1) is 0 Å². The number of ether oxygens (including phenoxy) is 2. The molecule has 5 heteroatoms. The van der Waals surface area contributed by atoms with Crippen LogP contribution in [0.25, 0.3) is 0 Å². The van der Waals surface area contributed by atoms with Gasteiger partial charge in [-0.3, -0.25) is 4.79 Å². The number of rotatable bonds is 5. The number of carbonyl (C=O) groups excluding carboxylic acids is 2. The third kappa shape index (κ3) is 4.56. The average molecular weight is 223 g/mol. The molecule has 5 nitrogen and oxygen atoms in total. The first-order valence-electron chi connectivity index (χ1n) is 4.77. The first kappa shape index (κ1) is 12.2. The zero-order valence-corrected chi connectivity index (χ0v) is 8.72. The van der Waals surface area contributed by atoms with Gasteiger partial charge in [0, 0.05) is 0 Å². The number of hydrogen-bond donors (Lipinski definition) is 1.